The van der Waals surface area contributed by atoms with Crippen molar-refractivity contribution in [3.8, 4) is 0 Å². The first-order chi connectivity index (χ1) is 8.36. The summed E-state index contributed by atoms with van der Waals surface area (Å²) in [6.07, 6.45) is 3.38. The van der Waals surface area contributed by atoms with Gasteiger partial charge in [0.1, 0.15) is 0 Å². The fraction of sp³-hybridized carbons (Fsp3) is 0.500. The molecule has 1 fully saturated rings. The average Bonchev–Trinajstić information content (AvgIpc) is 2.41. The van der Waals surface area contributed by atoms with Crippen LogP contribution in [0.2, 0.25) is 0 Å². The second-order valence-corrected chi connectivity index (χ2v) is 4.48. The molecule has 3 heteroatoms. The van der Waals surface area contributed by atoms with Crippen molar-refractivity contribution in [1.29, 1.82) is 0 Å². The number of carbonyl (C=O) groups excluding carboxylic acids is 1. The number of hydrogen-bond donors (Lipinski definition) is 1. The fourth-order valence-corrected chi connectivity index (χ4v) is 2.15. The van der Waals surface area contributed by atoms with Crippen LogP contribution < -0.4 is 5.32 Å². The van der Waals surface area contributed by atoms with E-state index in [-0.39, 0.29) is 5.97 Å². The molecule has 3 nitrogen and oxygen atoms in total. The average molecular weight is 233 g/mol. The van der Waals surface area contributed by atoms with Crippen molar-refractivity contribution in [2.45, 2.75) is 19.3 Å². The Morgan fingerprint density at radius 2 is 1.94 bits per heavy atom. The Kier molecular flexibility index (Phi) is 4.56. The van der Waals surface area contributed by atoms with Crippen LogP contribution in [-0.2, 0) is 4.74 Å². The Bertz CT molecular complexity index is 344. The molecule has 0 spiro atoms. The highest BCUT2D eigenvalue weighted by molar-refractivity contribution is 5.89. The summed E-state index contributed by atoms with van der Waals surface area (Å²) in [4.78, 5) is 11.7. The van der Waals surface area contributed by atoms with Gasteiger partial charge in [-0.05, 0) is 50.4 Å². The molecule has 92 valence electrons. The van der Waals surface area contributed by atoms with Gasteiger partial charge >= 0.3 is 5.97 Å². The van der Waals surface area contributed by atoms with Crippen LogP contribution in [0.3, 0.4) is 0 Å². The van der Waals surface area contributed by atoms with E-state index in [0.717, 1.165) is 19.5 Å². The van der Waals surface area contributed by atoms with Crippen molar-refractivity contribution in [3.05, 3.63) is 35.9 Å². The Labute approximate surface area is 102 Å². The highest BCUT2D eigenvalue weighted by Gasteiger charge is 2.13. The first kappa shape index (κ1) is 12.1. The first-order valence-corrected chi connectivity index (χ1v) is 6.29. The van der Waals surface area contributed by atoms with Crippen LogP contribution in [0.4, 0.5) is 0 Å². The molecule has 2 rings (SSSR count). The third-order valence-corrected chi connectivity index (χ3v) is 3.23. The third kappa shape index (κ3) is 3.86. The molecule has 0 amide bonds. The van der Waals surface area contributed by atoms with E-state index in [9.17, 15) is 4.79 Å². The molecule has 1 aromatic carbocycles. The van der Waals surface area contributed by atoms with Crippen molar-refractivity contribution < 1.29 is 9.53 Å². The largest absolute Gasteiger partial charge is 0.462 e. The lowest BCUT2D eigenvalue weighted by Crippen LogP contribution is -2.28. The molecule has 0 radical (unpaired) electrons. The molecule has 0 unspecified atom stereocenters. The molecule has 0 aliphatic carbocycles. The smallest absolute Gasteiger partial charge is 0.338 e. The van der Waals surface area contributed by atoms with Gasteiger partial charge in [-0.15, -0.1) is 0 Å². The molecular formula is C14H19NO2. The molecule has 17 heavy (non-hydrogen) atoms. The zero-order valence-corrected chi connectivity index (χ0v) is 10.0. The lowest BCUT2D eigenvalue weighted by Gasteiger charge is -2.22. The normalized spacial score (nSPS) is 16.7. The summed E-state index contributed by atoms with van der Waals surface area (Å²) < 4.78 is 5.27. The van der Waals surface area contributed by atoms with Crippen molar-refractivity contribution in [2.75, 3.05) is 19.7 Å². The SMILES string of the molecule is O=C(OCCC1CCNCC1)c1ccccc1. The van der Waals surface area contributed by atoms with Crippen molar-refractivity contribution in [2.24, 2.45) is 5.92 Å². The number of hydrogen-bond acceptors (Lipinski definition) is 3. The van der Waals surface area contributed by atoms with Gasteiger partial charge < -0.3 is 10.1 Å². The first-order valence-electron chi connectivity index (χ1n) is 6.29. The van der Waals surface area contributed by atoms with Gasteiger partial charge in [0.05, 0.1) is 12.2 Å². The van der Waals surface area contributed by atoms with E-state index < -0.39 is 0 Å². The van der Waals surface area contributed by atoms with E-state index in [1.54, 1.807) is 12.1 Å². The van der Waals surface area contributed by atoms with Gasteiger partial charge in [-0.3, -0.25) is 0 Å². The summed E-state index contributed by atoms with van der Waals surface area (Å²) in [5.74, 6) is 0.499. The zero-order valence-electron chi connectivity index (χ0n) is 10.0. The van der Waals surface area contributed by atoms with Crippen molar-refractivity contribution >= 4 is 5.97 Å². The van der Waals surface area contributed by atoms with Crippen LogP contribution in [0, 0.1) is 5.92 Å². The van der Waals surface area contributed by atoms with Crippen molar-refractivity contribution in [3.63, 3.8) is 0 Å². The van der Waals surface area contributed by atoms with E-state index in [0.29, 0.717) is 18.1 Å². The minimum absolute atomic E-state index is 0.209. The molecule has 1 aliphatic rings. The lowest BCUT2D eigenvalue weighted by atomic mass is 9.95. The van der Waals surface area contributed by atoms with E-state index in [4.69, 9.17) is 4.74 Å². The number of nitrogens with one attached hydrogen (secondary N) is 1. The maximum Gasteiger partial charge on any atom is 0.338 e. The summed E-state index contributed by atoms with van der Waals surface area (Å²) >= 11 is 0. The Morgan fingerprint density at radius 3 is 2.65 bits per heavy atom. The number of esters is 1. The molecule has 1 saturated heterocycles. The summed E-state index contributed by atoms with van der Waals surface area (Å²) in [5, 5.41) is 3.33. The molecule has 1 heterocycles. The quantitative estimate of drug-likeness (QED) is 0.810. The lowest BCUT2D eigenvalue weighted by molar-refractivity contribution is 0.0476. The highest BCUT2D eigenvalue weighted by atomic mass is 16.5. The molecule has 1 N–H and O–H groups in total. The predicted octanol–water partition coefficient (Wildman–Crippen LogP) is 2.23. The zero-order chi connectivity index (χ0) is 11.9. The van der Waals surface area contributed by atoms with Gasteiger partial charge in [-0.2, -0.15) is 0 Å². The summed E-state index contributed by atoms with van der Waals surface area (Å²) in [7, 11) is 0. The second kappa shape index (κ2) is 6.40. The molecule has 1 aliphatic heterocycles. The molecule has 1 aromatic rings. The molecular weight excluding hydrogens is 214 g/mol. The van der Waals surface area contributed by atoms with Crippen LogP contribution in [-0.4, -0.2) is 25.7 Å². The van der Waals surface area contributed by atoms with Crippen LogP contribution >= 0.6 is 0 Å². The Morgan fingerprint density at radius 1 is 1.24 bits per heavy atom. The maximum absolute atomic E-state index is 11.7. The third-order valence-electron chi connectivity index (χ3n) is 3.23. The maximum atomic E-state index is 11.7. The van der Waals surface area contributed by atoms with E-state index in [1.165, 1.54) is 12.8 Å². The Balaban J connectivity index is 1.69. The monoisotopic (exact) mass is 233 g/mol. The topological polar surface area (TPSA) is 38.3 Å². The van der Waals surface area contributed by atoms with Gasteiger partial charge in [0.2, 0.25) is 0 Å². The summed E-state index contributed by atoms with van der Waals surface area (Å²) in [6.45, 7) is 2.73. The minimum Gasteiger partial charge on any atom is -0.462 e. The van der Waals surface area contributed by atoms with Crippen LogP contribution in [0.5, 0.6) is 0 Å². The van der Waals surface area contributed by atoms with Gasteiger partial charge in [-0.1, -0.05) is 18.2 Å². The van der Waals surface area contributed by atoms with Gasteiger partial charge in [0, 0.05) is 0 Å². The van der Waals surface area contributed by atoms with Crippen LogP contribution in [0.15, 0.2) is 30.3 Å². The molecule has 0 saturated carbocycles. The van der Waals surface area contributed by atoms with Crippen LogP contribution in [0.25, 0.3) is 0 Å². The molecule has 0 aromatic heterocycles. The highest BCUT2D eigenvalue weighted by Crippen LogP contribution is 2.15. The van der Waals surface area contributed by atoms with Gasteiger partial charge in [0.15, 0.2) is 0 Å². The van der Waals surface area contributed by atoms with E-state index in [1.807, 2.05) is 18.2 Å². The van der Waals surface area contributed by atoms with Crippen LogP contribution in [0.1, 0.15) is 29.6 Å². The Hall–Kier alpha value is -1.35. The standard InChI is InChI=1S/C14H19NO2/c16-14(13-4-2-1-3-5-13)17-11-8-12-6-9-15-10-7-12/h1-5,12,15H,6-11H2. The number of piperidine rings is 1. The number of benzene rings is 1. The van der Waals surface area contributed by atoms with Gasteiger partial charge in [0.25, 0.3) is 0 Å². The van der Waals surface area contributed by atoms with Gasteiger partial charge in [-0.25, -0.2) is 4.79 Å². The summed E-state index contributed by atoms with van der Waals surface area (Å²) in [5.41, 5.74) is 0.637. The minimum atomic E-state index is -0.209. The fourth-order valence-electron chi connectivity index (χ4n) is 2.15. The van der Waals surface area contributed by atoms with Crippen molar-refractivity contribution in [1.82, 2.24) is 5.32 Å². The number of ether oxygens (including phenoxy) is 1. The van der Waals surface area contributed by atoms with E-state index >= 15 is 0 Å². The molecule has 0 bridgehead atoms. The summed E-state index contributed by atoms with van der Waals surface area (Å²) in [6, 6.07) is 9.17. The molecule has 0 atom stereocenters. The predicted molar refractivity (Wildman–Crippen MR) is 66.9 cm³/mol. The number of rotatable bonds is 4. The number of carbonyl (C=O) groups is 1. The second-order valence-electron chi connectivity index (χ2n) is 4.48. The van der Waals surface area contributed by atoms with E-state index in [2.05, 4.69) is 5.32 Å².